The molecule has 0 atom stereocenters. The standard InChI is InChI=1S/C45H30N4/c1-45(2)38-24-23-34(27-37(38)41-39(45)13-8-14-40(41)46-3)30-15-19-31(20-16-30)42-47-43(35-21-17-28-9-4-6-11-32(28)25-35)49-44(48-42)36-22-18-29-10-5-7-12-33(29)26-36/h4-27H,1-2H3. The molecule has 4 heteroatoms. The van der Waals surface area contributed by atoms with E-state index in [-0.39, 0.29) is 5.41 Å². The molecule has 0 aliphatic heterocycles. The van der Waals surface area contributed by atoms with Gasteiger partial charge in [-0.05, 0) is 73.1 Å². The fraction of sp³-hybridized carbons (Fsp3) is 0.0667. The molecular formula is C45H30N4. The summed E-state index contributed by atoms with van der Waals surface area (Å²) in [6.07, 6.45) is 0. The lowest BCUT2D eigenvalue weighted by Crippen LogP contribution is -2.14. The molecule has 4 nitrogen and oxygen atoms in total. The summed E-state index contributed by atoms with van der Waals surface area (Å²) >= 11 is 0. The highest BCUT2D eigenvalue weighted by Crippen LogP contribution is 2.53. The third-order valence-electron chi connectivity index (χ3n) is 9.93. The Labute approximate surface area is 285 Å². The van der Waals surface area contributed by atoms with Crippen LogP contribution >= 0.6 is 0 Å². The molecule has 0 radical (unpaired) electrons. The monoisotopic (exact) mass is 626 g/mol. The van der Waals surface area contributed by atoms with E-state index in [2.05, 4.69) is 152 Å². The Balaban J connectivity index is 1.14. The maximum Gasteiger partial charge on any atom is 0.195 e. The normalized spacial score (nSPS) is 12.8. The molecule has 0 saturated heterocycles. The molecular weight excluding hydrogens is 597 g/mol. The summed E-state index contributed by atoms with van der Waals surface area (Å²) < 4.78 is 0. The Hall–Kier alpha value is -6.44. The van der Waals surface area contributed by atoms with Gasteiger partial charge in [-0.15, -0.1) is 0 Å². The molecule has 0 fully saturated rings. The summed E-state index contributed by atoms with van der Waals surface area (Å²) in [5.41, 5.74) is 10.2. The van der Waals surface area contributed by atoms with Gasteiger partial charge in [0.15, 0.2) is 23.2 Å². The van der Waals surface area contributed by atoms with Crippen molar-refractivity contribution in [1.82, 2.24) is 15.0 Å². The quantitative estimate of drug-likeness (QED) is 0.183. The van der Waals surface area contributed by atoms with E-state index in [1.165, 1.54) is 21.9 Å². The summed E-state index contributed by atoms with van der Waals surface area (Å²) in [6.45, 7) is 12.3. The highest BCUT2D eigenvalue weighted by atomic mass is 15.0. The molecule has 0 spiro atoms. The zero-order valence-electron chi connectivity index (χ0n) is 27.1. The Morgan fingerprint density at radius 3 is 1.55 bits per heavy atom. The highest BCUT2D eigenvalue weighted by Gasteiger charge is 2.36. The van der Waals surface area contributed by atoms with Crippen molar-refractivity contribution >= 4 is 27.2 Å². The van der Waals surface area contributed by atoms with Gasteiger partial charge in [0, 0.05) is 22.1 Å². The zero-order valence-corrected chi connectivity index (χ0v) is 27.1. The second-order valence-corrected chi connectivity index (χ2v) is 13.2. The molecule has 1 aliphatic carbocycles. The van der Waals surface area contributed by atoms with Gasteiger partial charge in [0.1, 0.15) is 0 Å². The van der Waals surface area contributed by atoms with E-state index in [4.69, 9.17) is 21.5 Å². The molecule has 9 rings (SSSR count). The highest BCUT2D eigenvalue weighted by molar-refractivity contribution is 5.92. The molecule has 7 aromatic carbocycles. The van der Waals surface area contributed by atoms with E-state index in [0.29, 0.717) is 23.2 Å². The lowest BCUT2D eigenvalue weighted by molar-refractivity contribution is 0.660. The fourth-order valence-electron chi connectivity index (χ4n) is 7.29. The average molecular weight is 627 g/mol. The number of hydrogen-bond acceptors (Lipinski definition) is 3. The molecule has 0 unspecified atom stereocenters. The maximum atomic E-state index is 7.83. The van der Waals surface area contributed by atoms with E-state index in [1.54, 1.807) is 0 Å². The molecule has 0 amide bonds. The smallest absolute Gasteiger partial charge is 0.195 e. The van der Waals surface area contributed by atoms with Crippen LogP contribution in [-0.2, 0) is 5.41 Å². The first-order valence-corrected chi connectivity index (χ1v) is 16.5. The van der Waals surface area contributed by atoms with E-state index in [0.717, 1.165) is 49.7 Å². The van der Waals surface area contributed by atoms with Crippen LogP contribution in [0, 0.1) is 6.57 Å². The van der Waals surface area contributed by atoms with Gasteiger partial charge in [-0.25, -0.2) is 19.8 Å². The lowest BCUT2D eigenvalue weighted by atomic mass is 9.82. The number of fused-ring (bicyclic) bond motifs is 5. The van der Waals surface area contributed by atoms with Crippen LogP contribution in [0.2, 0.25) is 0 Å². The van der Waals surface area contributed by atoms with Crippen LogP contribution in [0.3, 0.4) is 0 Å². The third-order valence-corrected chi connectivity index (χ3v) is 9.93. The first kappa shape index (κ1) is 28.8. The van der Waals surface area contributed by atoms with Crippen molar-refractivity contribution in [3.05, 3.63) is 168 Å². The lowest BCUT2D eigenvalue weighted by Gasteiger charge is -2.21. The number of hydrogen-bond donors (Lipinski definition) is 0. The van der Waals surface area contributed by atoms with Gasteiger partial charge in [0.05, 0.1) is 6.57 Å². The molecule has 49 heavy (non-hydrogen) atoms. The van der Waals surface area contributed by atoms with Crippen LogP contribution in [0.1, 0.15) is 25.0 Å². The van der Waals surface area contributed by atoms with Crippen molar-refractivity contribution in [2.45, 2.75) is 19.3 Å². The number of rotatable bonds is 4. The van der Waals surface area contributed by atoms with Crippen molar-refractivity contribution in [3.8, 4) is 56.4 Å². The van der Waals surface area contributed by atoms with Crippen LogP contribution in [0.5, 0.6) is 0 Å². The topological polar surface area (TPSA) is 43.0 Å². The van der Waals surface area contributed by atoms with Gasteiger partial charge in [-0.1, -0.05) is 141 Å². The van der Waals surface area contributed by atoms with Gasteiger partial charge in [0.2, 0.25) is 0 Å². The van der Waals surface area contributed by atoms with E-state index >= 15 is 0 Å². The second-order valence-electron chi connectivity index (χ2n) is 13.2. The Kier molecular flexibility index (Phi) is 6.50. The van der Waals surface area contributed by atoms with Gasteiger partial charge >= 0.3 is 0 Å². The minimum absolute atomic E-state index is 0.155. The molecule has 8 aromatic rings. The Morgan fingerprint density at radius 1 is 0.449 bits per heavy atom. The van der Waals surface area contributed by atoms with E-state index in [9.17, 15) is 0 Å². The molecule has 0 N–H and O–H groups in total. The molecule has 1 aromatic heterocycles. The predicted octanol–water partition coefficient (Wildman–Crippen LogP) is 11.7. The second kappa shape index (κ2) is 11.1. The number of aromatic nitrogens is 3. The molecule has 0 saturated carbocycles. The summed E-state index contributed by atoms with van der Waals surface area (Å²) in [5, 5.41) is 4.63. The van der Waals surface area contributed by atoms with Gasteiger partial charge in [-0.3, -0.25) is 0 Å². The average Bonchev–Trinajstić information content (AvgIpc) is 3.39. The van der Waals surface area contributed by atoms with Crippen LogP contribution in [0.4, 0.5) is 5.69 Å². The first-order chi connectivity index (χ1) is 24.0. The Bertz CT molecular complexity index is 2550. The van der Waals surface area contributed by atoms with Gasteiger partial charge in [-0.2, -0.15) is 0 Å². The van der Waals surface area contributed by atoms with Crippen LogP contribution < -0.4 is 0 Å². The van der Waals surface area contributed by atoms with Crippen molar-refractivity contribution in [3.63, 3.8) is 0 Å². The van der Waals surface area contributed by atoms with E-state index in [1.807, 2.05) is 12.1 Å². The fourth-order valence-corrected chi connectivity index (χ4v) is 7.29. The van der Waals surface area contributed by atoms with Crippen molar-refractivity contribution < 1.29 is 0 Å². The number of benzene rings is 7. The summed E-state index contributed by atoms with van der Waals surface area (Å²) in [4.78, 5) is 18.9. The SMILES string of the molecule is [C-]#[N+]c1cccc2c1-c1cc(-c3ccc(-c4nc(-c5ccc6ccccc6c5)nc(-c5ccc6ccccc6c5)n4)cc3)ccc1C2(C)C. The minimum Gasteiger partial charge on any atom is -0.238 e. The van der Waals surface area contributed by atoms with Gasteiger partial charge < -0.3 is 0 Å². The largest absolute Gasteiger partial charge is 0.238 e. The Morgan fingerprint density at radius 2 is 0.959 bits per heavy atom. The zero-order chi connectivity index (χ0) is 33.1. The van der Waals surface area contributed by atoms with Crippen molar-refractivity contribution in [1.29, 1.82) is 0 Å². The maximum absolute atomic E-state index is 7.83. The van der Waals surface area contributed by atoms with Crippen LogP contribution in [0.25, 0.3) is 82.8 Å². The molecule has 1 aliphatic rings. The van der Waals surface area contributed by atoms with Crippen LogP contribution in [0.15, 0.2) is 146 Å². The summed E-state index contributed by atoms with van der Waals surface area (Å²) in [5.74, 6) is 1.90. The van der Waals surface area contributed by atoms with Crippen LogP contribution in [-0.4, -0.2) is 15.0 Å². The van der Waals surface area contributed by atoms with E-state index < -0.39 is 0 Å². The summed E-state index contributed by atoms with van der Waals surface area (Å²) in [6, 6.07) is 50.6. The number of nitrogens with zero attached hydrogens (tertiary/aromatic N) is 4. The molecule has 230 valence electrons. The van der Waals surface area contributed by atoms with Gasteiger partial charge in [0.25, 0.3) is 0 Å². The molecule has 1 heterocycles. The third kappa shape index (κ3) is 4.79. The van der Waals surface area contributed by atoms with Crippen molar-refractivity contribution in [2.75, 3.05) is 0 Å². The summed E-state index contributed by atoms with van der Waals surface area (Å²) in [7, 11) is 0. The predicted molar refractivity (Wildman–Crippen MR) is 200 cm³/mol. The first-order valence-electron chi connectivity index (χ1n) is 16.5. The van der Waals surface area contributed by atoms with Crippen molar-refractivity contribution in [2.24, 2.45) is 0 Å². The minimum atomic E-state index is -0.155. The molecule has 0 bridgehead atoms.